The van der Waals surface area contributed by atoms with Crippen molar-refractivity contribution in [3.63, 3.8) is 0 Å². The predicted molar refractivity (Wildman–Crippen MR) is 64.4 cm³/mol. The summed E-state index contributed by atoms with van der Waals surface area (Å²) >= 11 is 0. The van der Waals surface area contributed by atoms with E-state index in [0.717, 1.165) is 0 Å². The number of nitrogen functional groups attached to an aromatic ring is 1. The van der Waals surface area contributed by atoms with Crippen LogP contribution in [0.3, 0.4) is 0 Å². The topological polar surface area (TPSA) is 111 Å². The molecule has 0 aliphatic rings. The molecule has 0 fully saturated rings. The van der Waals surface area contributed by atoms with Gasteiger partial charge in [-0.25, -0.2) is 15.8 Å². The van der Waals surface area contributed by atoms with Crippen LogP contribution in [0.1, 0.15) is 10.5 Å². The van der Waals surface area contributed by atoms with Gasteiger partial charge in [0.15, 0.2) is 5.82 Å². The number of aromatic nitrogens is 4. The third-order valence-corrected chi connectivity index (χ3v) is 2.23. The zero-order valence-electron chi connectivity index (χ0n) is 9.58. The molecule has 0 radical (unpaired) electrons. The van der Waals surface area contributed by atoms with Crippen molar-refractivity contribution < 1.29 is 4.79 Å². The van der Waals surface area contributed by atoms with Gasteiger partial charge in [0.1, 0.15) is 5.69 Å². The second kappa shape index (κ2) is 5.73. The zero-order chi connectivity index (χ0) is 12.8. The number of hydrazine groups is 1. The van der Waals surface area contributed by atoms with Crippen LogP contribution < -0.4 is 16.6 Å². The number of amides is 1. The van der Waals surface area contributed by atoms with E-state index in [-0.39, 0.29) is 11.6 Å². The number of nitrogens with two attached hydrogens (primary N) is 1. The minimum atomic E-state index is -0.292. The molecule has 2 heterocycles. The first-order valence-electron chi connectivity index (χ1n) is 5.32. The maximum Gasteiger partial charge on any atom is 0.271 e. The van der Waals surface area contributed by atoms with Gasteiger partial charge in [0.05, 0.1) is 18.7 Å². The molecule has 8 nitrogen and oxygen atoms in total. The van der Waals surface area contributed by atoms with Gasteiger partial charge in [-0.05, 0) is 0 Å². The Hall–Kier alpha value is -2.48. The maximum atomic E-state index is 11.7. The highest BCUT2D eigenvalue weighted by atomic mass is 16.1. The highest BCUT2D eigenvalue weighted by Gasteiger charge is 2.07. The average molecular weight is 247 g/mol. The van der Waals surface area contributed by atoms with E-state index < -0.39 is 0 Å². The molecule has 0 spiro atoms. The summed E-state index contributed by atoms with van der Waals surface area (Å²) in [5.74, 6) is 5.24. The van der Waals surface area contributed by atoms with Crippen molar-refractivity contribution in [3.8, 4) is 0 Å². The number of hydrogen-bond donors (Lipinski definition) is 3. The lowest BCUT2D eigenvalue weighted by atomic mass is 10.4. The van der Waals surface area contributed by atoms with E-state index in [4.69, 9.17) is 5.84 Å². The lowest BCUT2D eigenvalue weighted by Gasteiger charge is -2.06. The summed E-state index contributed by atoms with van der Waals surface area (Å²) in [6.07, 6.45) is 8.01. The molecule has 0 atom stereocenters. The minimum Gasteiger partial charge on any atom is -0.349 e. The number of imidazole rings is 1. The Morgan fingerprint density at radius 2 is 2.28 bits per heavy atom. The Balaban J connectivity index is 1.87. The molecule has 0 bridgehead atoms. The Labute approximate surface area is 103 Å². The van der Waals surface area contributed by atoms with Crippen LogP contribution in [0.4, 0.5) is 5.82 Å². The van der Waals surface area contributed by atoms with Gasteiger partial charge in [0.2, 0.25) is 0 Å². The molecule has 1 amide bonds. The number of nitrogens with one attached hydrogen (secondary N) is 2. The van der Waals surface area contributed by atoms with Crippen molar-refractivity contribution in [2.24, 2.45) is 5.84 Å². The van der Waals surface area contributed by atoms with Crippen molar-refractivity contribution in [2.75, 3.05) is 12.0 Å². The van der Waals surface area contributed by atoms with Gasteiger partial charge in [-0.3, -0.25) is 9.78 Å². The van der Waals surface area contributed by atoms with E-state index in [0.29, 0.717) is 18.9 Å². The van der Waals surface area contributed by atoms with Gasteiger partial charge < -0.3 is 15.3 Å². The Morgan fingerprint density at radius 3 is 3.00 bits per heavy atom. The van der Waals surface area contributed by atoms with E-state index in [1.165, 1.54) is 12.4 Å². The van der Waals surface area contributed by atoms with Crippen molar-refractivity contribution in [1.29, 1.82) is 0 Å². The summed E-state index contributed by atoms with van der Waals surface area (Å²) < 4.78 is 1.86. The molecule has 0 saturated heterocycles. The Kier molecular flexibility index (Phi) is 3.82. The summed E-state index contributed by atoms with van der Waals surface area (Å²) in [5.41, 5.74) is 2.55. The maximum absolute atomic E-state index is 11.7. The third-order valence-electron chi connectivity index (χ3n) is 2.23. The molecular weight excluding hydrogens is 234 g/mol. The molecule has 4 N–H and O–H groups in total. The van der Waals surface area contributed by atoms with Gasteiger partial charge in [-0.2, -0.15) is 0 Å². The SMILES string of the molecule is NNc1cncc(C(=O)NCCn2ccnc2)n1. The number of nitrogens with zero attached hydrogens (tertiary/aromatic N) is 4. The smallest absolute Gasteiger partial charge is 0.271 e. The van der Waals surface area contributed by atoms with Gasteiger partial charge in [0.25, 0.3) is 5.91 Å². The van der Waals surface area contributed by atoms with Crippen LogP contribution in [0.2, 0.25) is 0 Å². The third kappa shape index (κ3) is 3.01. The average Bonchev–Trinajstić information content (AvgIpc) is 2.92. The standard InChI is InChI=1S/C10H13N7O/c11-16-9-6-13-5-8(15-9)10(18)14-2-4-17-3-1-12-7-17/h1,3,5-7H,2,4,11H2,(H,14,18)(H,15,16). The first kappa shape index (κ1) is 12.0. The largest absolute Gasteiger partial charge is 0.349 e. The quantitative estimate of drug-likeness (QED) is 0.480. The molecule has 0 aromatic carbocycles. The second-order valence-electron chi connectivity index (χ2n) is 3.49. The lowest BCUT2D eigenvalue weighted by molar-refractivity contribution is 0.0947. The fourth-order valence-electron chi connectivity index (χ4n) is 1.35. The number of rotatable bonds is 5. The fourth-order valence-corrected chi connectivity index (χ4v) is 1.35. The van der Waals surface area contributed by atoms with Crippen molar-refractivity contribution in [3.05, 3.63) is 36.8 Å². The fraction of sp³-hybridized carbons (Fsp3) is 0.200. The van der Waals surface area contributed by atoms with Crippen LogP contribution >= 0.6 is 0 Å². The molecule has 2 aromatic rings. The molecule has 8 heteroatoms. The number of carbonyl (C=O) groups excluding carboxylic acids is 1. The normalized spacial score (nSPS) is 10.1. The molecule has 2 aromatic heterocycles. The van der Waals surface area contributed by atoms with Crippen LogP contribution in [0.15, 0.2) is 31.1 Å². The van der Waals surface area contributed by atoms with E-state index >= 15 is 0 Å². The van der Waals surface area contributed by atoms with Crippen LogP contribution in [0.5, 0.6) is 0 Å². The van der Waals surface area contributed by atoms with Gasteiger partial charge in [-0.15, -0.1) is 0 Å². The van der Waals surface area contributed by atoms with Crippen LogP contribution in [0.25, 0.3) is 0 Å². The van der Waals surface area contributed by atoms with Gasteiger partial charge in [-0.1, -0.05) is 0 Å². The second-order valence-corrected chi connectivity index (χ2v) is 3.49. The van der Waals surface area contributed by atoms with E-state index in [2.05, 4.69) is 25.7 Å². The molecule has 18 heavy (non-hydrogen) atoms. The van der Waals surface area contributed by atoms with Crippen LogP contribution in [-0.2, 0) is 6.54 Å². The Bertz CT molecular complexity index is 511. The molecule has 0 unspecified atom stereocenters. The van der Waals surface area contributed by atoms with E-state index in [1.54, 1.807) is 12.5 Å². The number of anilines is 1. The molecule has 0 saturated carbocycles. The summed E-state index contributed by atoms with van der Waals surface area (Å²) in [5, 5.41) is 2.73. The Morgan fingerprint density at radius 1 is 1.39 bits per heavy atom. The highest BCUT2D eigenvalue weighted by Crippen LogP contribution is 1.99. The lowest BCUT2D eigenvalue weighted by Crippen LogP contribution is -2.28. The summed E-state index contributed by atoms with van der Waals surface area (Å²) in [6.45, 7) is 1.13. The summed E-state index contributed by atoms with van der Waals surface area (Å²) in [4.78, 5) is 23.5. The molecule has 0 aliphatic carbocycles. The predicted octanol–water partition coefficient (Wildman–Crippen LogP) is -0.611. The molecule has 0 aliphatic heterocycles. The molecule has 2 rings (SSSR count). The first-order chi connectivity index (χ1) is 8.79. The van der Waals surface area contributed by atoms with Crippen molar-refractivity contribution in [1.82, 2.24) is 24.8 Å². The number of carbonyl (C=O) groups is 1. The van der Waals surface area contributed by atoms with E-state index in [9.17, 15) is 4.79 Å². The first-order valence-corrected chi connectivity index (χ1v) is 5.32. The molecule has 94 valence electrons. The summed E-state index contributed by atoms with van der Waals surface area (Å²) in [7, 11) is 0. The van der Waals surface area contributed by atoms with Crippen molar-refractivity contribution in [2.45, 2.75) is 6.54 Å². The van der Waals surface area contributed by atoms with Crippen molar-refractivity contribution >= 4 is 11.7 Å². The van der Waals surface area contributed by atoms with Gasteiger partial charge >= 0.3 is 0 Å². The number of hydrogen-bond acceptors (Lipinski definition) is 6. The molecular formula is C10H13N7O. The van der Waals surface area contributed by atoms with E-state index in [1.807, 2.05) is 10.8 Å². The highest BCUT2D eigenvalue weighted by molar-refractivity contribution is 5.92. The van der Waals surface area contributed by atoms with Gasteiger partial charge in [0, 0.05) is 25.5 Å². The van der Waals surface area contributed by atoms with Crippen LogP contribution in [-0.4, -0.2) is 32.0 Å². The zero-order valence-corrected chi connectivity index (χ0v) is 9.58. The monoisotopic (exact) mass is 247 g/mol. The van der Waals surface area contributed by atoms with Crippen LogP contribution in [0, 0.1) is 0 Å². The minimum absolute atomic E-state index is 0.219. The summed E-state index contributed by atoms with van der Waals surface area (Å²) in [6, 6.07) is 0.